The molecular formula is C10H11BrFNO3S. The molecule has 0 saturated carbocycles. The quantitative estimate of drug-likeness (QED) is 0.839. The van der Waals surface area contributed by atoms with Gasteiger partial charge in [-0.3, -0.25) is 4.84 Å². The number of halogens is 2. The third-order valence-corrected chi connectivity index (χ3v) is 4.74. The average molecular weight is 324 g/mol. The maximum Gasteiger partial charge on any atom is 0.265 e. The van der Waals surface area contributed by atoms with E-state index in [-0.39, 0.29) is 9.37 Å². The van der Waals surface area contributed by atoms with Crippen LogP contribution in [0.5, 0.6) is 0 Å². The zero-order chi connectivity index (χ0) is 12.5. The van der Waals surface area contributed by atoms with E-state index in [1.165, 1.54) is 12.1 Å². The fourth-order valence-electron chi connectivity index (χ4n) is 1.52. The molecule has 4 nitrogen and oxygen atoms in total. The van der Waals surface area contributed by atoms with Gasteiger partial charge in [-0.15, -0.1) is 0 Å². The molecule has 0 bridgehead atoms. The minimum atomic E-state index is -3.75. The molecule has 1 heterocycles. The normalized spacial score (nSPS) is 18.2. The Balaban J connectivity index is 2.33. The van der Waals surface area contributed by atoms with E-state index in [1.807, 2.05) is 0 Å². The Bertz CT molecular complexity index is 514. The summed E-state index contributed by atoms with van der Waals surface area (Å²) in [6, 6.07) is 3.70. The van der Waals surface area contributed by atoms with Crippen molar-refractivity contribution in [2.45, 2.75) is 17.7 Å². The van der Waals surface area contributed by atoms with Gasteiger partial charge in [-0.25, -0.2) is 12.8 Å². The number of hydroxylamine groups is 1. The zero-order valence-electron chi connectivity index (χ0n) is 8.90. The minimum Gasteiger partial charge on any atom is -0.284 e. The van der Waals surface area contributed by atoms with E-state index in [0.717, 1.165) is 23.4 Å². The Labute approximate surface area is 108 Å². The van der Waals surface area contributed by atoms with E-state index in [9.17, 15) is 12.8 Å². The second-order valence-electron chi connectivity index (χ2n) is 3.65. The van der Waals surface area contributed by atoms with Crippen LogP contribution >= 0.6 is 15.9 Å². The highest BCUT2D eigenvalue weighted by molar-refractivity contribution is 9.10. The third-order valence-electron chi connectivity index (χ3n) is 2.43. The van der Waals surface area contributed by atoms with E-state index in [0.29, 0.717) is 13.2 Å². The summed E-state index contributed by atoms with van der Waals surface area (Å²) in [4.78, 5) is 4.98. The summed E-state index contributed by atoms with van der Waals surface area (Å²) in [7, 11) is -3.75. The lowest BCUT2D eigenvalue weighted by Gasteiger charge is -2.25. The predicted molar refractivity (Wildman–Crippen MR) is 63.2 cm³/mol. The fourth-order valence-corrected chi connectivity index (χ4v) is 3.08. The molecule has 1 aromatic carbocycles. The van der Waals surface area contributed by atoms with Gasteiger partial charge in [0.2, 0.25) is 0 Å². The van der Waals surface area contributed by atoms with Crippen molar-refractivity contribution >= 4 is 26.0 Å². The van der Waals surface area contributed by atoms with Crippen molar-refractivity contribution in [3.63, 3.8) is 0 Å². The van der Waals surface area contributed by atoms with Crippen LogP contribution in [0, 0.1) is 5.82 Å². The number of sulfonamides is 1. The first-order chi connectivity index (χ1) is 8.01. The third kappa shape index (κ3) is 2.67. The number of benzene rings is 1. The molecule has 1 aliphatic rings. The summed E-state index contributed by atoms with van der Waals surface area (Å²) in [6.45, 7) is 0.679. The van der Waals surface area contributed by atoms with Crippen molar-refractivity contribution in [2.24, 2.45) is 0 Å². The number of hydrogen-bond acceptors (Lipinski definition) is 3. The number of rotatable bonds is 2. The lowest BCUT2D eigenvalue weighted by atomic mass is 10.3. The van der Waals surface area contributed by atoms with Crippen LogP contribution < -0.4 is 0 Å². The van der Waals surface area contributed by atoms with E-state index in [2.05, 4.69) is 15.9 Å². The van der Waals surface area contributed by atoms with Gasteiger partial charge in [0.1, 0.15) is 5.82 Å². The molecule has 1 aromatic rings. The Hall–Kier alpha value is -0.500. The van der Waals surface area contributed by atoms with Crippen LogP contribution in [0.15, 0.2) is 27.6 Å². The summed E-state index contributed by atoms with van der Waals surface area (Å²) >= 11 is 2.98. The summed E-state index contributed by atoms with van der Waals surface area (Å²) in [6.07, 6.45) is 1.58. The first kappa shape index (κ1) is 12.9. The summed E-state index contributed by atoms with van der Waals surface area (Å²) in [5.74, 6) is -0.608. The van der Waals surface area contributed by atoms with Gasteiger partial charge in [0.15, 0.2) is 0 Å². The van der Waals surface area contributed by atoms with Gasteiger partial charge in [0.25, 0.3) is 10.0 Å². The molecule has 0 spiro atoms. The van der Waals surface area contributed by atoms with E-state index >= 15 is 0 Å². The van der Waals surface area contributed by atoms with Crippen molar-refractivity contribution in [1.82, 2.24) is 4.47 Å². The van der Waals surface area contributed by atoms with Crippen LogP contribution in [0.2, 0.25) is 0 Å². The standard InChI is InChI=1S/C10H11BrFNO3S/c11-9-4-3-8(7-10(9)12)17(14,15)13-5-1-2-6-16-13/h3-4,7H,1-2,5-6H2. The predicted octanol–water partition coefficient (Wildman–Crippen LogP) is 2.30. The topological polar surface area (TPSA) is 46.6 Å². The van der Waals surface area contributed by atoms with Gasteiger partial charge in [0.05, 0.1) is 16.0 Å². The molecular weight excluding hydrogens is 313 g/mol. The SMILES string of the molecule is O=S(=O)(c1ccc(Br)c(F)c1)N1CCCCO1. The van der Waals surface area contributed by atoms with Crippen molar-refractivity contribution in [3.05, 3.63) is 28.5 Å². The highest BCUT2D eigenvalue weighted by Crippen LogP contribution is 2.23. The average Bonchev–Trinajstić information content (AvgIpc) is 2.33. The summed E-state index contributed by atoms with van der Waals surface area (Å²) in [5, 5.41) is 0. The van der Waals surface area contributed by atoms with Gasteiger partial charge in [-0.2, -0.15) is 0 Å². The summed E-state index contributed by atoms with van der Waals surface area (Å²) < 4.78 is 38.6. The van der Waals surface area contributed by atoms with Gasteiger partial charge in [-0.1, -0.05) is 4.47 Å². The van der Waals surface area contributed by atoms with E-state index in [1.54, 1.807) is 0 Å². The first-order valence-electron chi connectivity index (χ1n) is 5.12. The summed E-state index contributed by atoms with van der Waals surface area (Å²) in [5.41, 5.74) is 0. The second-order valence-corrected chi connectivity index (χ2v) is 6.33. The Morgan fingerprint density at radius 2 is 2.12 bits per heavy atom. The molecule has 94 valence electrons. The van der Waals surface area contributed by atoms with Crippen molar-refractivity contribution in [2.75, 3.05) is 13.2 Å². The molecule has 0 N–H and O–H groups in total. The lowest BCUT2D eigenvalue weighted by Crippen LogP contribution is -2.35. The van der Waals surface area contributed by atoms with Gasteiger partial charge in [-0.05, 0) is 47.0 Å². The smallest absolute Gasteiger partial charge is 0.265 e. The highest BCUT2D eigenvalue weighted by Gasteiger charge is 2.27. The maximum atomic E-state index is 13.3. The maximum absolute atomic E-state index is 13.3. The molecule has 2 rings (SSSR count). The fraction of sp³-hybridized carbons (Fsp3) is 0.400. The van der Waals surface area contributed by atoms with E-state index < -0.39 is 15.8 Å². The van der Waals surface area contributed by atoms with Crippen LogP contribution in [0.1, 0.15) is 12.8 Å². The molecule has 17 heavy (non-hydrogen) atoms. The molecule has 0 atom stereocenters. The van der Waals surface area contributed by atoms with E-state index in [4.69, 9.17) is 4.84 Å². The molecule has 0 amide bonds. The van der Waals surface area contributed by atoms with Crippen LogP contribution in [-0.4, -0.2) is 26.0 Å². The van der Waals surface area contributed by atoms with Crippen molar-refractivity contribution in [1.29, 1.82) is 0 Å². The molecule has 1 fully saturated rings. The van der Waals surface area contributed by atoms with Crippen LogP contribution in [0.3, 0.4) is 0 Å². The van der Waals surface area contributed by atoms with Gasteiger partial charge >= 0.3 is 0 Å². The minimum absolute atomic E-state index is 0.0971. The first-order valence-corrected chi connectivity index (χ1v) is 7.36. The molecule has 0 radical (unpaired) electrons. The van der Waals surface area contributed by atoms with Crippen molar-refractivity contribution in [3.8, 4) is 0 Å². The molecule has 0 aromatic heterocycles. The highest BCUT2D eigenvalue weighted by atomic mass is 79.9. The molecule has 1 aliphatic heterocycles. The van der Waals surface area contributed by atoms with Gasteiger partial charge in [0, 0.05) is 6.54 Å². The Morgan fingerprint density at radius 3 is 2.71 bits per heavy atom. The Morgan fingerprint density at radius 1 is 1.35 bits per heavy atom. The largest absolute Gasteiger partial charge is 0.284 e. The van der Waals surface area contributed by atoms with Gasteiger partial charge < -0.3 is 0 Å². The Kier molecular flexibility index (Phi) is 3.82. The van der Waals surface area contributed by atoms with Crippen molar-refractivity contribution < 1.29 is 17.6 Å². The number of hydrogen-bond donors (Lipinski definition) is 0. The monoisotopic (exact) mass is 323 g/mol. The second kappa shape index (κ2) is 5.01. The lowest BCUT2D eigenvalue weighted by molar-refractivity contribution is -0.108. The molecule has 7 heteroatoms. The number of nitrogens with zero attached hydrogens (tertiary/aromatic N) is 1. The van der Waals surface area contributed by atoms with Crippen LogP contribution in [0.25, 0.3) is 0 Å². The zero-order valence-corrected chi connectivity index (χ0v) is 11.3. The molecule has 1 saturated heterocycles. The molecule has 0 aliphatic carbocycles. The van der Waals surface area contributed by atoms with Crippen LogP contribution in [0.4, 0.5) is 4.39 Å². The molecule has 0 unspecified atom stereocenters. The van der Waals surface area contributed by atoms with Crippen LogP contribution in [-0.2, 0) is 14.9 Å².